The molecule has 3 aromatic rings. The molecule has 3 N–H and O–H groups in total. The van der Waals surface area contributed by atoms with E-state index in [1.165, 1.54) is 0 Å². The van der Waals surface area contributed by atoms with Crippen molar-refractivity contribution < 1.29 is 4.42 Å². The fourth-order valence-electron chi connectivity index (χ4n) is 2.08. The number of anilines is 2. The normalized spacial score (nSPS) is 12.5. The summed E-state index contributed by atoms with van der Waals surface area (Å²) in [5.41, 5.74) is 7.55. The van der Waals surface area contributed by atoms with E-state index in [-0.39, 0.29) is 6.04 Å². The van der Waals surface area contributed by atoms with E-state index in [1.807, 2.05) is 50.2 Å². The van der Waals surface area contributed by atoms with Gasteiger partial charge >= 0.3 is 0 Å². The minimum absolute atomic E-state index is 0.0264. The maximum atomic E-state index is 5.95. The molecule has 0 radical (unpaired) electrons. The van der Waals surface area contributed by atoms with Crippen LogP contribution in [-0.2, 0) is 0 Å². The smallest absolute Gasteiger partial charge is 0.170 e. The van der Waals surface area contributed by atoms with Gasteiger partial charge in [-0.3, -0.25) is 0 Å². The van der Waals surface area contributed by atoms with Crippen LogP contribution in [0.4, 0.5) is 11.6 Å². The number of aromatic nitrogens is 2. The van der Waals surface area contributed by atoms with Crippen LogP contribution in [0.1, 0.15) is 24.5 Å². The summed E-state index contributed by atoms with van der Waals surface area (Å²) < 4.78 is 5.59. The number of rotatable bonds is 3. The van der Waals surface area contributed by atoms with Gasteiger partial charge in [-0.1, -0.05) is 12.1 Å². The zero-order chi connectivity index (χ0) is 14.1. The van der Waals surface area contributed by atoms with Gasteiger partial charge in [-0.2, -0.15) is 0 Å². The van der Waals surface area contributed by atoms with Crippen molar-refractivity contribution in [3.8, 4) is 0 Å². The van der Waals surface area contributed by atoms with Gasteiger partial charge in [0.25, 0.3) is 0 Å². The average molecular weight is 268 g/mol. The number of hydrogen-bond donors (Lipinski definition) is 2. The van der Waals surface area contributed by atoms with Crippen LogP contribution in [0.25, 0.3) is 11.0 Å². The summed E-state index contributed by atoms with van der Waals surface area (Å²) in [6.07, 6.45) is 0. The fourth-order valence-corrected chi connectivity index (χ4v) is 2.08. The number of hydrogen-bond acceptors (Lipinski definition) is 5. The van der Waals surface area contributed by atoms with E-state index >= 15 is 0 Å². The number of nitrogens with zero attached hydrogens (tertiary/aromatic N) is 2. The van der Waals surface area contributed by atoms with Crippen molar-refractivity contribution in [3.05, 3.63) is 47.9 Å². The number of nitrogens with one attached hydrogen (secondary N) is 1. The van der Waals surface area contributed by atoms with Crippen LogP contribution in [0.5, 0.6) is 0 Å². The van der Waals surface area contributed by atoms with Gasteiger partial charge in [0.15, 0.2) is 11.6 Å². The van der Waals surface area contributed by atoms with Gasteiger partial charge in [-0.25, -0.2) is 9.97 Å². The van der Waals surface area contributed by atoms with Crippen molar-refractivity contribution in [3.63, 3.8) is 0 Å². The van der Waals surface area contributed by atoms with Gasteiger partial charge in [0, 0.05) is 0 Å². The van der Waals surface area contributed by atoms with E-state index in [4.69, 9.17) is 10.2 Å². The Hall–Kier alpha value is -2.56. The highest BCUT2D eigenvalue weighted by Gasteiger charge is 2.13. The molecule has 0 aliphatic carbocycles. The topological polar surface area (TPSA) is 77.0 Å². The molecule has 0 saturated carbocycles. The second-order valence-corrected chi connectivity index (χ2v) is 4.76. The average Bonchev–Trinajstić information content (AvgIpc) is 2.86. The maximum absolute atomic E-state index is 5.95. The molecule has 0 bridgehead atoms. The van der Waals surface area contributed by atoms with Gasteiger partial charge in [-0.15, -0.1) is 0 Å². The fraction of sp³-hybridized carbons (Fsp3) is 0.200. The summed E-state index contributed by atoms with van der Waals surface area (Å²) >= 11 is 0. The van der Waals surface area contributed by atoms with Gasteiger partial charge < -0.3 is 15.5 Å². The number of nitrogen functional groups attached to an aromatic ring is 1. The Morgan fingerprint density at radius 3 is 2.45 bits per heavy atom. The molecule has 102 valence electrons. The summed E-state index contributed by atoms with van der Waals surface area (Å²) in [7, 11) is 0. The molecule has 2 heterocycles. The zero-order valence-electron chi connectivity index (χ0n) is 11.4. The molecule has 1 aromatic carbocycles. The number of nitrogens with two attached hydrogens (primary N) is 1. The van der Waals surface area contributed by atoms with Crippen LogP contribution < -0.4 is 11.1 Å². The first-order valence-corrected chi connectivity index (χ1v) is 6.48. The molecule has 0 spiro atoms. The van der Waals surface area contributed by atoms with E-state index in [0.29, 0.717) is 11.6 Å². The Bertz CT molecular complexity index is 750. The Kier molecular flexibility index (Phi) is 3.02. The molecular weight excluding hydrogens is 252 g/mol. The maximum Gasteiger partial charge on any atom is 0.170 e. The van der Waals surface area contributed by atoms with Crippen molar-refractivity contribution in [2.75, 3.05) is 11.1 Å². The van der Waals surface area contributed by atoms with E-state index in [1.54, 1.807) is 0 Å². The minimum atomic E-state index is -0.0264. The van der Waals surface area contributed by atoms with Crippen LogP contribution >= 0.6 is 0 Å². The summed E-state index contributed by atoms with van der Waals surface area (Å²) in [4.78, 5) is 8.86. The highest BCUT2D eigenvalue weighted by molar-refractivity contribution is 5.79. The zero-order valence-corrected chi connectivity index (χ0v) is 11.4. The first kappa shape index (κ1) is 12.5. The van der Waals surface area contributed by atoms with Crippen LogP contribution in [0.2, 0.25) is 0 Å². The summed E-state index contributed by atoms with van der Waals surface area (Å²) in [6.45, 7) is 3.91. The largest absolute Gasteiger partial charge is 0.464 e. The minimum Gasteiger partial charge on any atom is -0.464 e. The van der Waals surface area contributed by atoms with Gasteiger partial charge in [0.2, 0.25) is 0 Å². The SMILES string of the molecule is Cc1ccc(C(C)Nc2nc3ccccc3nc2N)o1. The Morgan fingerprint density at radius 1 is 1.10 bits per heavy atom. The van der Waals surface area contributed by atoms with E-state index < -0.39 is 0 Å². The Balaban J connectivity index is 1.92. The van der Waals surface area contributed by atoms with Crippen molar-refractivity contribution in [2.24, 2.45) is 0 Å². The molecule has 1 unspecified atom stereocenters. The number of fused-ring (bicyclic) bond motifs is 1. The molecule has 2 aromatic heterocycles. The Labute approximate surface area is 116 Å². The molecule has 0 amide bonds. The highest BCUT2D eigenvalue weighted by atomic mass is 16.3. The third kappa shape index (κ3) is 2.30. The summed E-state index contributed by atoms with van der Waals surface area (Å²) in [5, 5.41) is 3.24. The Morgan fingerprint density at radius 2 is 1.80 bits per heavy atom. The summed E-state index contributed by atoms with van der Waals surface area (Å²) in [5.74, 6) is 2.69. The number of benzene rings is 1. The van der Waals surface area contributed by atoms with Crippen LogP contribution in [0.15, 0.2) is 40.8 Å². The van der Waals surface area contributed by atoms with Crippen LogP contribution in [-0.4, -0.2) is 9.97 Å². The van der Waals surface area contributed by atoms with Crippen molar-refractivity contribution >= 4 is 22.7 Å². The number of para-hydroxylation sites is 2. The second-order valence-electron chi connectivity index (χ2n) is 4.76. The lowest BCUT2D eigenvalue weighted by molar-refractivity contribution is 0.466. The molecular formula is C15H16N4O. The van der Waals surface area contributed by atoms with Gasteiger partial charge in [0.1, 0.15) is 11.5 Å². The number of aryl methyl sites for hydroxylation is 1. The third-order valence-corrected chi connectivity index (χ3v) is 3.14. The third-order valence-electron chi connectivity index (χ3n) is 3.14. The van der Waals surface area contributed by atoms with Gasteiger partial charge in [0.05, 0.1) is 17.1 Å². The van der Waals surface area contributed by atoms with Crippen molar-refractivity contribution in [2.45, 2.75) is 19.9 Å². The van der Waals surface area contributed by atoms with Crippen LogP contribution in [0, 0.1) is 6.92 Å². The molecule has 0 saturated heterocycles. The molecule has 20 heavy (non-hydrogen) atoms. The molecule has 5 nitrogen and oxygen atoms in total. The lowest BCUT2D eigenvalue weighted by atomic mass is 10.2. The molecule has 0 aliphatic rings. The lowest BCUT2D eigenvalue weighted by Crippen LogP contribution is -2.10. The van der Waals surface area contributed by atoms with E-state index in [2.05, 4.69) is 15.3 Å². The van der Waals surface area contributed by atoms with Crippen molar-refractivity contribution in [1.29, 1.82) is 0 Å². The predicted molar refractivity (Wildman–Crippen MR) is 79.4 cm³/mol. The standard InChI is InChI=1S/C15H16N4O/c1-9-7-8-13(20-9)10(2)17-15-14(16)18-11-5-3-4-6-12(11)19-15/h3-8,10H,1-2H3,(H2,16,18)(H,17,19). The molecule has 0 aliphatic heterocycles. The van der Waals surface area contributed by atoms with E-state index in [9.17, 15) is 0 Å². The first-order chi connectivity index (χ1) is 9.63. The highest BCUT2D eigenvalue weighted by Crippen LogP contribution is 2.24. The second kappa shape index (κ2) is 4.85. The lowest BCUT2D eigenvalue weighted by Gasteiger charge is -2.14. The summed E-state index contributed by atoms with van der Waals surface area (Å²) in [6, 6.07) is 11.5. The predicted octanol–water partition coefficient (Wildman–Crippen LogP) is 3.29. The van der Waals surface area contributed by atoms with Gasteiger partial charge in [-0.05, 0) is 38.1 Å². The molecule has 5 heteroatoms. The number of furan rings is 1. The first-order valence-electron chi connectivity index (χ1n) is 6.48. The monoisotopic (exact) mass is 268 g/mol. The van der Waals surface area contributed by atoms with E-state index in [0.717, 1.165) is 22.6 Å². The molecule has 1 atom stereocenters. The molecule has 3 rings (SSSR count). The van der Waals surface area contributed by atoms with Crippen LogP contribution in [0.3, 0.4) is 0 Å². The molecule has 0 fully saturated rings. The van der Waals surface area contributed by atoms with Crippen molar-refractivity contribution in [1.82, 2.24) is 9.97 Å². The quantitative estimate of drug-likeness (QED) is 0.762.